The van der Waals surface area contributed by atoms with E-state index in [4.69, 9.17) is 0 Å². The molecule has 1 aromatic heterocycles. The minimum Gasteiger partial charge on any atom is -0.352 e. The Labute approximate surface area is 129 Å². The summed E-state index contributed by atoms with van der Waals surface area (Å²) in [5, 5.41) is 5.61. The van der Waals surface area contributed by atoms with Crippen LogP contribution in [0, 0.1) is 0 Å². The zero-order chi connectivity index (χ0) is 15.8. The van der Waals surface area contributed by atoms with Gasteiger partial charge in [-0.05, 0) is 36.2 Å². The minimum absolute atomic E-state index is 0.163. The van der Waals surface area contributed by atoms with Gasteiger partial charge in [-0.15, -0.1) is 0 Å². The molecule has 0 atom stereocenters. The molecule has 2 amide bonds. The molecule has 0 aliphatic heterocycles. The van der Waals surface area contributed by atoms with Crippen LogP contribution in [0.4, 0.5) is 0 Å². The summed E-state index contributed by atoms with van der Waals surface area (Å²) in [6, 6.07) is 10.4. The van der Waals surface area contributed by atoms with E-state index in [1.807, 2.05) is 19.1 Å². The molecule has 2 N–H and O–H groups in total. The Bertz CT molecular complexity index is 641. The molecule has 2 aromatic rings. The Morgan fingerprint density at radius 1 is 1.05 bits per heavy atom. The van der Waals surface area contributed by atoms with Gasteiger partial charge in [-0.1, -0.05) is 19.1 Å². The van der Waals surface area contributed by atoms with Crippen molar-refractivity contribution in [2.75, 3.05) is 6.54 Å². The highest BCUT2D eigenvalue weighted by molar-refractivity contribution is 5.99. The Morgan fingerprint density at radius 3 is 2.41 bits per heavy atom. The fourth-order valence-electron chi connectivity index (χ4n) is 1.93. The van der Waals surface area contributed by atoms with Crippen molar-refractivity contribution in [3.63, 3.8) is 0 Å². The van der Waals surface area contributed by atoms with Crippen molar-refractivity contribution in [3.05, 3.63) is 65.5 Å². The predicted molar refractivity (Wildman–Crippen MR) is 84.5 cm³/mol. The smallest absolute Gasteiger partial charge is 0.251 e. The first kappa shape index (κ1) is 15.7. The zero-order valence-corrected chi connectivity index (χ0v) is 12.5. The Hall–Kier alpha value is -2.69. The molecule has 0 saturated heterocycles. The van der Waals surface area contributed by atoms with E-state index in [-0.39, 0.29) is 11.8 Å². The lowest BCUT2D eigenvalue weighted by Gasteiger charge is -2.07. The van der Waals surface area contributed by atoms with Gasteiger partial charge in [0.05, 0.1) is 0 Å². The first-order chi connectivity index (χ1) is 10.7. The lowest BCUT2D eigenvalue weighted by atomic mass is 10.1. The summed E-state index contributed by atoms with van der Waals surface area (Å²) in [5.74, 6) is -0.377. The van der Waals surface area contributed by atoms with E-state index in [1.165, 1.54) is 0 Å². The van der Waals surface area contributed by atoms with E-state index in [1.54, 1.807) is 36.7 Å². The van der Waals surface area contributed by atoms with Crippen molar-refractivity contribution in [2.24, 2.45) is 0 Å². The van der Waals surface area contributed by atoms with Crippen molar-refractivity contribution in [1.29, 1.82) is 0 Å². The normalized spacial score (nSPS) is 10.0. The van der Waals surface area contributed by atoms with Gasteiger partial charge < -0.3 is 10.6 Å². The number of amides is 2. The molecule has 1 aromatic carbocycles. The lowest BCUT2D eigenvalue weighted by molar-refractivity contribution is 0.0950. The van der Waals surface area contributed by atoms with Crippen LogP contribution in [0.5, 0.6) is 0 Å². The number of nitrogens with zero attached hydrogens (tertiary/aromatic N) is 1. The van der Waals surface area contributed by atoms with Crippen LogP contribution in [0.1, 0.15) is 39.6 Å². The molecule has 1 heterocycles. The van der Waals surface area contributed by atoms with Gasteiger partial charge in [-0.3, -0.25) is 14.6 Å². The van der Waals surface area contributed by atoms with Gasteiger partial charge in [-0.25, -0.2) is 0 Å². The van der Waals surface area contributed by atoms with E-state index < -0.39 is 0 Å². The van der Waals surface area contributed by atoms with Crippen LogP contribution in [0.15, 0.2) is 48.8 Å². The number of benzene rings is 1. The van der Waals surface area contributed by atoms with Crippen LogP contribution in [0.2, 0.25) is 0 Å². The average molecular weight is 297 g/mol. The summed E-state index contributed by atoms with van der Waals surface area (Å²) in [7, 11) is 0. The monoisotopic (exact) mass is 297 g/mol. The van der Waals surface area contributed by atoms with E-state index >= 15 is 0 Å². The second kappa shape index (κ2) is 7.93. The number of hydrogen-bond acceptors (Lipinski definition) is 3. The highest BCUT2D eigenvalue weighted by Crippen LogP contribution is 2.06. The van der Waals surface area contributed by atoms with Gasteiger partial charge in [0.2, 0.25) is 0 Å². The van der Waals surface area contributed by atoms with Crippen LogP contribution in [-0.2, 0) is 6.54 Å². The molecule has 0 bridgehead atoms. The van der Waals surface area contributed by atoms with Crippen LogP contribution in [0.25, 0.3) is 0 Å². The van der Waals surface area contributed by atoms with Crippen molar-refractivity contribution in [3.8, 4) is 0 Å². The fraction of sp³-hybridized carbons (Fsp3) is 0.235. The van der Waals surface area contributed by atoms with E-state index in [0.717, 1.165) is 12.0 Å². The molecule has 22 heavy (non-hydrogen) atoms. The number of rotatable bonds is 6. The Balaban J connectivity index is 1.99. The second-order valence-corrected chi connectivity index (χ2v) is 4.88. The third kappa shape index (κ3) is 4.41. The molecule has 0 aliphatic carbocycles. The van der Waals surface area contributed by atoms with Crippen LogP contribution in [-0.4, -0.2) is 23.3 Å². The van der Waals surface area contributed by atoms with Gasteiger partial charge in [0.1, 0.15) is 0 Å². The Kier molecular flexibility index (Phi) is 5.65. The standard InChI is InChI=1S/C17H19N3O2/c1-2-8-19-16(21)14-6-3-7-15(10-14)17(22)20-12-13-5-4-9-18-11-13/h3-7,9-11H,2,8,12H2,1H3,(H,19,21)(H,20,22). The van der Waals surface area contributed by atoms with Gasteiger partial charge in [0, 0.05) is 36.6 Å². The third-order valence-corrected chi connectivity index (χ3v) is 3.10. The summed E-state index contributed by atoms with van der Waals surface area (Å²) >= 11 is 0. The van der Waals surface area contributed by atoms with Gasteiger partial charge >= 0.3 is 0 Å². The second-order valence-electron chi connectivity index (χ2n) is 4.88. The maximum absolute atomic E-state index is 12.1. The average Bonchev–Trinajstić information content (AvgIpc) is 2.58. The molecule has 0 spiro atoms. The molecule has 0 saturated carbocycles. The number of nitrogens with one attached hydrogen (secondary N) is 2. The van der Waals surface area contributed by atoms with Gasteiger partial charge in [0.25, 0.3) is 11.8 Å². The van der Waals surface area contributed by atoms with Crippen molar-refractivity contribution in [1.82, 2.24) is 15.6 Å². The first-order valence-electron chi connectivity index (χ1n) is 7.26. The third-order valence-electron chi connectivity index (χ3n) is 3.10. The van der Waals surface area contributed by atoms with Crippen molar-refractivity contribution >= 4 is 11.8 Å². The molecular weight excluding hydrogens is 278 g/mol. The fourth-order valence-corrected chi connectivity index (χ4v) is 1.93. The number of hydrogen-bond donors (Lipinski definition) is 2. The van der Waals surface area contributed by atoms with E-state index in [9.17, 15) is 9.59 Å². The summed E-state index contributed by atoms with van der Waals surface area (Å²) in [6.45, 7) is 3.01. The van der Waals surface area contributed by atoms with Crippen molar-refractivity contribution < 1.29 is 9.59 Å². The van der Waals surface area contributed by atoms with Crippen molar-refractivity contribution in [2.45, 2.75) is 19.9 Å². The van der Waals surface area contributed by atoms with Crippen LogP contribution >= 0.6 is 0 Å². The first-order valence-corrected chi connectivity index (χ1v) is 7.26. The van der Waals surface area contributed by atoms with Crippen LogP contribution < -0.4 is 10.6 Å². The molecule has 5 heteroatoms. The number of aromatic nitrogens is 1. The SMILES string of the molecule is CCCNC(=O)c1cccc(C(=O)NCc2cccnc2)c1. The van der Waals surface area contributed by atoms with E-state index in [2.05, 4.69) is 15.6 Å². The van der Waals surface area contributed by atoms with Gasteiger partial charge in [0.15, 0.2) is 0 Å². The molecule has 0 unspecified atom stereocenters. The predicted octanol–water partition coefficient (Wildman–Crippen LogP) is 2.15. The summed E-state index contributed by atoms with van der Waals surface area (Å²) in [4.78, 5) is 28.0. The molecule has 114 valence electrons. The molecular formula is C17H19N3O2. The number of pyridine rings is 1. The maximum Gasteiger partial charge on any atom is 0.251 e. The highest BCUT2D eigenvalue weighted by Gasteiger charge is 2.10. The van der Waals surface area contributed by atoms with E-state index in [0.29, 0.717) is 24.2 Å². The zero-order valence-electron chi connectivity index (χ0n) is 12.5. The molecule has 0 aliphatic rings. The summed E-state index contributed by atoms with van der Waals surface area (Å²) in [5.41, 5.74) is 1.88. The molecule has 0 radical (unpaired) electrons. The minimum atomic E-state index is -0.214. The maximum atomic E-state index is 12.1. The molecule has 5 nitrogen and oxygen atoms in total. The topological polar surface area (TPSA) is 71.1 Å². The largest absolute Gasteiger partial charge is 0.352 e. The molecule has 2 rings (SSSR count). The number of carbonyl (C=O) groups is 2. The number of carbonyl (C=O) groups excluding carboxylic acids is 2. The lowest BCUT2D eigenvalue weighted by Crippen LogP contribution is -2.26. The summed E-state index contributed by atoms with van der Waals surface area (Å²) < 4.78 is 0. The quantitative estimate of drug-likeness (QED) is 0.858. The van der Waals surface area contributed by atoms with Gasteiger partial charge in [-0.2, -0.15) is 0 Å². The highest BCUT2D eigenvalue weighted by atomic mass is 16.2. The molecule has 0 fully saturated rings. The Morgan fingerprint density at radius 2 is 1.77 bits per heavy atom. The summed E-state index contributed by atoms with van der Waals surface area (Å²) in [6.07, 6.45) is 4.26. The van der Waals surface area contributed by atoms with Crippen LogP contribution in [0.3, 0.4) is 0 Å².